The highest BCUT2D eigenvalue weighted by Gasteiger charge is 2.10. The lowest BCUT2D eigenvalue weighted by Crippen LogP contribution is -2.20. The number of primary amides is 1. The van der Waals surface area contributed by atoms with Crippen LogP contribution in [0.2, 0.25) is 4.34 Å². The number of rotatable bonds is 9. The maximum Gasteiger partial charge on any atom is 0.220 e. The first-order valence-electron chi connectivity index (χ1n) is 10.6. The van der Waals surface area contributed by atoms with E-state index in [-0.39, 0.29) is 12.3 Å². The van der Waals surface area contributed by atoms with Crippen LogP contribution in [0.4, 0.5) is 0 Å². The number of carbonyl (C=O) groups excluding carboxylic acids is 1. The topological polar surface area (TPSA) is 64.8 Å². The lowest BCUT2D eigenvalue weighted by atomic mass is 10.2. The fraction of sp³-hybridized carbons (Fsp3) is 0.522. The van der Waals surface area contributed by atoms with Crippen molar-refractivity contribution in [3.05, 3.63) is 45.6 Å². The van der Waals surface area contributed by atoms with Gasteiger partial charge in [0.25, 0.3) is 0 Å². The van der Waals surface area contributed by atoms with Crippen molar-refractivity contribution in [3.63, 3.8) is 0 Å². The number of hydrogen-bond acceptors (Lipinski definition) is 5. The molecule has 0 radical (unpaired) electrons. The average molecular weight is 455 g/mol. The summed E-state index contributed by atoms with van der Waals surface area (Å²) in [6.45, 7) is 8.19. The number of halogens is 1. The number of carbonyl (C=O) groups is 1. The Hall–Kier alpha value is -1.76. The summed E-state index contributed by atoms with van der Waals surface area (Å²) in [6, 6.07) is 11.3. The minimum atomic E-state index is -0.362. The van der Waals surface area contributed by atoms with Gasteiger partial charge in [-0.2, -0.15) is 0 Å². The molecule has 5 nitrogen and oxygen atoms in total. The molecule has 168 valence electrons. The number of aryl methyl sites for hydroxylation is 1. The second kappa shape index (κ2) is 16.0. The second-order valence-electron chi connectivity index (χ2n) is 6.60. The standard InChI is InChI=1S/C11H16ClNS.C10H13NO3.C2H6/c12-11-6-5-10(14-11)4-3-9-13-7-1-2-8-13;1-13-8-2-4-9(5-3-8)14-7-6-10(11)12;1-2/h5-6H,1-4,7-9H2;2-5H,6-7H2,1H3,(H2,11,12);1-2H3. The summed E-state index contributed by atoms with van der Waals surface area (Å²) < 4.78 is 11.2. The van der Waals surface area contributed by atoms with Crippen LogP contribution in [0.3, 0.4) is 0 Å². The molecule has 1 amide bonds. The lowest BCUT2D eigenvalue weighted by Gasteiger charge is -2.13. The third-order valence-corrected chi connectivity index (χ3v) is 5.69. The number of hydrogen-bond donors (Lipinski definition) is 1. The highest BCUT2D eigenvalue weighted by molar-refractivity contribution is 7.16. The third kappa shape index (κ3) is 11.4. The van der Waals surface area contributed by atoms with Crippen LogP contribution in [0.25, 0.3) is 0 Å². The summed E-state index contributed by atoms with van der Waals surface area (Å²) in [5.41, 5.74) is 4.96. The minimum Gasteiger partial charge on any atom is -0.497 e. The molecular weight excluding hydrogens is 420 g/mol. The molecule has 0 saturated carbocycles. The number of amides is 1. The van der Waals surface area contributed by atoms with Crippen molar-refractivity contribution in [3.8, 4) is 11.5 Å². The first kappa shape index (κ1) is 26.3. The average Bonchev–Trinajstić information content (AvgIpc) is 3.42. The van der Waals surface area contributed by atoms with E-state index < -0.39 is 0 Å². The van der Waals surface area contributed by atoms with E-state index in [2.05, 4.69) is 11.0 Å². The molecule has 0 atom stereocenters. The quantitative estimate of drug-likeness (QED) is 0.550. The summed E-state index contributed by atoms with van der Waals surface area (Å²) >= 11 is 7.59. The Morgan fingerprint density at radius 1 is 1.10 bits per heavy atom. The molecule has 2 heterocycles. The molecule has 0 spiro atoms. The largest absolute Gasteiger partial charge is 0.497 e. The van der Waals surface area contributed by atoms with Gasteiger partial charge in [-0.25, -0.2) is 0 Å². The van der Waals surface area contributed by atoms with Gasteiger partial charge in [-0.1, -0.05) is 25.4 Å². The van der Waals surface area contributed by atoms with Gasteiger partial charge in [0.05, 0.1) is 24.5 Å². The molecule has 3 rings (SSSR count). The lowest BCUT2D eigenvalue weighted by molar-refractivity contribution is -0.118. The van der Waals surface area contributed by atoms with Crippen LogP contribution < -0.4 is 15.2 Å². The number of thiophene rings is 1. The van der Waals surface area contributed by atoms with Gasteiger partial charge in [-0.3, -0.25) is 4.79 Å². The Balaban J connectivity index is 0.000000277. The molecule has 1 aromatic heterocycles. The van der Waals surface area contributed by atoms with Gasteiger partial charge in [0, 0.05) is 4.88 Å². The number of methoxy groups -OCH3 is 1. The van der Waals surface area contributed by atoms with Crippen molar-refractivity contribution >= 4 is 28.8 Å². The Morgan fingerprint density at radius 3 is 2.27 bits per heavy atom. The smallest absolute Gasteiger partial charge is 0.220 e. The molecule has 1 saturated heterocycles. The summed E-state index contributed by atoms with van der Waals surface area (Å²) in [5, 5.41) is 0. The van der Waals surface area contributed by atoms with Gasteiger partial charge in [-0.05, 0) is 81.7 Å². The Labute approximate surface area is 190 Å². The van der Waals surface area contributed by atoms with E-state index >= 15 is 0 Å². The molecule has 0 aliphatic carbocycles. The van der Waals surface area contributed by atoms with Crippen LogP contribution in [0, 0.1) is 0 Å². The predicted molar refractivity (Wildman–Crippen MR) is 127 cm³/mol. The molecule has 1 aromatic carbocycles. The second-order valence-corrected chi connectivity index (χ2v) is 8.40. The molecular formula is C23H35ClN2O3S. The summed E-state index contributed by atoms with van der Waals surface area (Å²) in [6.07, 6.45) is 5.48. The van der Waals surface area contributed by atoms with Crippen molar-refractivity contribution in [2.24, 2.45) is 5.73 Å². The Bertz CT molecular complexity index is 701. The molecule has 0 bridgehead atoms. The predicted octanol–water partition coefficient (Wildman–Crippen LogP) is 5.41. The molecule has 1 aliphatic heterocycles. The van der Waals surface area contributed by atoms with Crippen LogP contribution in [-0.2, 0) is 11.2 Å². The first-order chi connectivity index (χ1) is 14.6. The highest BCUT2D eigenvalue weighted by atomic mass is 35.5. The van der Waals surface area contributed by atoms with Crippen LogP contribution in [0.15, 0.2) is 36.4 Å². The van der Waals surface area contributed by atoms with E-state index in [4.69, 9.17) is 26.8 Å². The van der Waals surface area contributed by atoms with E-state index in [1.807, 2.05) is 19.9 Å². The zero-order chi connectivity index (χ0) is 22.2. The maximum absolute atomic E-state index is 10.4. The van der Waals surface area contributed by atoms with Crippen LogP contribution in [0.1, 0.15) is 44.4 Å². The van der Waals surface area contributed by atoms with Gasteiger partial charge >= 0.3 is 0 Å². The van der Waals surface area contributed by atoms with Crippen molar-refractivity contribution in [1.82, 2.24) is 4.90 Å². The molecule has 30 heavy (non-hydrogen) atoms. The molecule has 2 aromatic rings. The van der Waals surface area contributed by atoms with E-state index in [1.54, 1.807) is 42.7 Å². The van der Waals surface area contributed by atoms with E-state index in [9.17, 15) is 4.79 Å². The van der Waals surface area contributed by atoms with Gasteiger partial charge in [0.1, 0.15) is 11.5 Å². The van der Waals surface area contributed by atoms with E-state index in [0.29, 0.717) is 12.4 Å². The number of likely N-dealkylation sites (tertiary alicyclic amines) is 1. The summed E-state index contributed by atoms with van der Waals surface area (Å²) in [5.74, 6) is 1.11. The van der Waals surface area contributed by atoms with Crippen molar-refractivity contribution < 1.29 is 14.3 Å². The number of benzene rings is 1. The van der Waals surface area contributed by atoms with Gasteiger partial charge in [0.15, 0.2) is 0 Å². The summed E-state index contributed by atoms with van der Waals surface area (Å²) in [4.78, 5) is 14.4. The first-order valence-corrected chi connectivity index (χ1v) is 11.8. The fourth-order valence-corrected chi connectivity index (χ4v) is 4.04. The van der Waals surface area contributed by atoms with Crippen molar-refractivity contribution in [1.29, 1.82) is 0 Å². The van der Waals surface area contributed by atoms with Crippen LogP contribution in [-0.4, -0.2) is 44.2 Å². The highest BCUT2D eigenvalue weighted by Crippen LogP contribution is 2.22. The summed E-state index contributed by atoms with van der Waals surface area (Å²) in [7, 11) is 1.60. The number of nitrogens with zero attached hydrogens (tertiary/aromatic N) is 1. The van der Waals surface area contributed by atoms with Crippen LogP contribution in [0.5, 0.6) is 11.5 Å². The zero-order valence-corrected chi connectivity index (χ0v) is 19.9. The SMILES string of the molecule is CC.COc1ccc(OCCC(N)=O)cc1.Clc1ccc(CCCN2CCCC2)s1. The molecule has 1 fully saturated rings. The monoisotopic (exact) mass is 454 g/mol. The fourth-order valence-electron chi connectivity index (χ4n) is 2.91. The minimum absolute atomic E-state index is 0.228. The Kier molecular flexibility index (Phi) is 14.0. The molecule has 0 unspecified atom stereocenters. The van der Waals surface area contributed by atoms with Crippen molar-refractivity contribution in [2.45, 2.75) is 46.0 Å². The van der Waals surface area contributed by atoms with Crippen molar-refractivity contribution in [2.75, 3.05) is 33.4 Å². The third-order valence-electron chi connectivity index (χ3n) is 4.40. The molecule has 1 aliphatic rings. The van der Waals surface area contributed by atoms with E-state index in [0.717, 1.165) is 10.1 Å². The van der Waals surface area contributed by atoms with Crippen LogP contribution >= 0.6 is 22.9 Å². The number of nitrogens with two attached hydrogens (primary N) is 1. The number of ether oxygens (including phenoxy) is 2. The molecule has 7 heteroatoms. The molecule has 2 N–H and O–H groups in total. The van der Waals surface area contributed by atoms with Gasteiger partial charge in [0.2, 0.25) is 5.91 Å². The van der Waals surface area contributed by atoms with E-state index in [1.165, 1.54) is 50.2 Å². The zero-order valence-electron chi connectivity index (χ0n) is 18.4. The normalized spacial score (nSPS) is 12.9. The van der Waals surface area contributed by atoms with Gasteiger partial charge < -0.3 is 20.1 Å². The maximum atomic E-state index is 10.4. The Morgan fingerprint density at radius 2 is 1.73 bits per heavy atom. The van der Waals surface area contributed by atoms with Gasteiger partial charge in [-0.15, -0.1) is 11.3 Å².